The number of carbonyl (C=O) groups is 2. The summed E-state index contributed by atoms with van der Waals surface area (Å²) in [5.41, 5.74) is 2.64. The van der Waals surface area contributed by atoms with Gasteiger partial charge in [0.25, 0.3) is 11.8 Å². The lowest BCUT2D eigenvalue weighted by Gasteiger charge is -2.14. The van der Waals surface area contributed by atoms with Gasteiger partial charge in [0, 0.05) is 11.6 Å². The molecule has 1 aliphatic heterocycles. The number of benzene rings is 1. The molecule has 0 aliphatic carbocycles. The topological polar surface area (TPSA) is 37.4 Å². The van der Waals surface area contributed by atoms with Crippen molar-refractivity contribution < 1.29 is 9.59 Å². The van der Waals surface area contributed by atoms with Gasteiger partial charge in [0.1, 0.15) is 0 Å². The highest BCUT2D eigenvalue weighted by Gasteiger charge is 2.27. The number of nitrogens with zero attached hydrogens (tertiary/aromatic N) is 1. The molecule has 3 heteroatoms. The van der Waals surface area contributed by atoms with E-state index in [1.807, 2.05) is 31.2 Å². The first kappa shape index (κ1) is 10.6. The Bertz CT molecular complexity index is 471. The third kappa shape index (κ3) is 1.89. The molecule has 2 rings (SSSR count). The molecule has 16 heavy (non-hydrogen) atoms. The Morgan fingerprint density at radius 1 is 1.06 bits per heavy atom. The maximum absolute atomic E-state index is 11.6. The minimum absolute atomic E-state index is 0.189. The summed E-state index contributed by atoms with van der Waals surface area (Å²) in [6.07, 6.45) is 1.39. The molecule has 1 heterocycles. The quantitative estimate of drug-likeness (QED) is 0.705. The standard InChI is InChI=1S/C13H13NO2/c1-9-3-5-11(6-4-9)8-14-12(15)7-10(2)13(14)16/h3-7H,8H2,1-2H3. The highest BCUT2D eigenvalue weighted by molar-refractivity contribution is 6.15. The summed E-state index contributed by atoms with van der Waals surface area (Å²) >= 11 is 0. The van der Waals surface area contributed by atoms with Crippen molar-refractivity contribution in [1.29, 1.82) is 0 Å². The molecule has 1 aromatic carbocycles. The molecule has 0 bridgehead atoms. The Morgan fingerprint density at radius 3 is 2.19 bits per heavy atom. The zero-order valence-electron chi connectivity index (χ0n) is 9.36. The summed E-state index contributed by atoms with van der Waals surface area (Å²) < 4.78 is 0. The Labute approximate surface area is 94.4 Å². The number of amides is 2. The number of hydrogen-bond donors (Lipinski definition) is 0. The smallest absolute Gasteiger partial charge is 0.256 e. The van der Waals surface area contributed by atoms with Crippen LogP contribution < -0.4 is 0 Å². The molecule has 0 atom stereocenters. The molecule has 0 unspecified atom stereocenters. The highest BCUT2D eigenvalue weighted by Crippen LogP contribution is 2.15. The molecule has 2 amide bonds. The van der Waals surface area contributed by atoms with Crippen molar-refractivity contribution >= 4 is 11.8 Å². The Kier molecular flexibility index (Phi) is 2.60. The second-order valence-electron chi connectivity index (χ2n) is 4.04. The van der Waals surface area contributed by atoms with E-state index in [0.29, 0.717) is 12.1 Å². The van der Waals surface area contributed by atoms with Crippen molar-refractivity contribution in [2.45, 2.75) is 20.4 Å². The fourth-order valence-corrected chi connectivity index (χ4v) is 1.66. The van der Waals surface area contributed by atoms with Crippen LogP contribution in [0.3, 0.4) is 0 Å². The van der Waals surface area contributed by atoms with Gasteiger partial charge in [-0.25, -0.2) is 0 Å². The van der Waals surface area contributed by atoms with Crippen LogP contribution in [0.4, 0.5) is 0 Å². The van der Waals surface area contributed by atoms with Gasteiger partial charge >= 0.3 is 0 Å². The molecule has 82 valence electrons. The molecule has 0 saturated heterocycles. The first-order valence-corrected chi connectivity index (χ1v) is 5.17. The van der Waals surface area contributed by atoms with E-state index in [2.05, 4.69) is 0 Å². The zero-order chi connectivity index (χ0) is 11.7. The predicted molar refractivity (Wildman–Crippen MR) is 60.5 cm³/mol. The van der Waals surface area contributed by atoms with E-state index < -0.39 is 0 Å². The van der Waals surface area contributed by atoms with Crippen LogP contribution in [0.15, 0.2) is 35.9 Å². The molecular formula is C13H13NO2. The predicted octanol–water partition coefficient (Wildman–Crippen LogP) is 1.81. The number of imide groups is 1. The average Bonchev–Trinajstić information content (AvgIpc) is 2.48. The van der Waals surface area contributed by atoms with Gasteiger partial charge < -0.3 is 0 Å². The normalized spacial score (nSPS) is 15.6. The summed E-state index contributed by atoms with van der Waals surface area (Å²) in [5.74, 6) is -0.409. The van der Waals surface area contributed by atoms with Crippen molar-refractivity contribution in [1.82, 2.24) is 4.90 Å². The lowest BCUT2D eigenvalue weighted by molar-refractivity contribution is -0.137. The summed E-state index contributed by atoms with van der Waals surface area (Å²) in [7, 11) is 0. The van der Waals surface area contributed by atoms with Crippen LogP contribution in [0.2, 0.25) is 0 Å². The van der Waals surface area contributed by atoms with Crippen molar-refractivity contribution in [3.8, 4) is 0 Å². The second-order valence-corrected chi connectivity index (χ2v) is 4.04. The van der Waals surface area contributed by atoms with Crippen LogP contribution >= 0.6 is 0 Å². The molecule has 0 fully saturated rings. The zero-order valence-corrected chi connectivity index (χ0v) is 9.36. The number of hydrogen-bond acceptors (Lipinski definition) is 2. The van der Waals surface area contributed by atoms with Crippen LogP contribution in [0.25, 0.3) is 0 Å². The van der Waals surface area contributed by atoms with Gasteiger partial charge in [0.05, 0.1) is 6.54 Å². The van der Waals surface area contributed by atoms with E-state index in [1.54, 1.807) is 6.92 Å². The van der Waals surface area contributed by atoms with Gasteiger partial charge in [-0.2, -0.15) is 0 Å². The van der Waals surface area contributed by atoms with Crippen molar-refractivity contribution in [3.05, 3.63) is 47.0 Å². The summed E-state index contributed by atoms with van der Waals surface area (Å²) in [5, 5.41) is 0. The third-order valence-electron chi connectivity index (χ3n) is 2.65. The molecule has 0 radical (unpaired) electrons. The van der Waals surface area contributed by atoms with Crippen molar-refractivity contribution in [2.24, 2.45) is 0 Å². The van der Waals surface area contributed by atoms with Crippen molar-refractivity contribution in [3.63, 3.8) is 0 Å². The Balaban J connectivity index is 2.15. The van der Waals surface area contributed by atoms with Gasteiger partial charge in [-0.3, -0.25) is 14.5 Å². The molecule has 0 N–H and O–H groups in total. The van der Waals surface area contributed by atoms with E-state index in [1.165, 1.54) is 11.0 Å². The minimum Gasteiger partial charge on any atom is -0.271 e. The maximum Gasteiger partial charge on any atom is 0.256 e. The first-order chi connectivity index (χ1) is 7.58. The number of rotatable bonds is 2. The second kappa shape index (κ2) is 3.93. The van der Waals surface area contributed by atoms with E-state index in [0.717, 1.165) is 11.1 Å². The van der Waals surface area contributed by atoms with E-state index in [9.17, 15) is 9.59 Å². The number of carbonyl (C=O) groups excluding carboxylic acids is 2. The molecule has 0 saturated carbocycles. The van der Waals surface area contributed by atoms with E-state index >= 15 is 0 Å². The number of aryl methyl sites for hydroxylation is 1. The summed E-state index contributed by atoms with van der Waals surface area (Å²) in [4.78, 5) is 24.4. The molecule has 0 spiro atoms. The van der Waals surface area contributed by atoms with E-state index in [-0.39, 0.29) is 11.8 Å². The monoisotopic (exact) mass is 215 g/mol. The molecule has 1 aromatic rings. The maximum atomic E-state index is 11.6. The molecule has 1 aliphatic rings. The van der Waals surface area contributed by atoms with Crippen LogP contribution in [0.1, 0.15) is 18.1 Å². The van der Waals surface area contributed by atoms with Crippen LogP contribution in [0.5, 0.6) is 0 Å². The molecule has 3 nitrogen and oxygen atoms in total. The van der Waals surface area contributed by atoms with Crippen LogP contribution in [0, 0.1) is 6.92 Å². The minimum atomic E-state index is -0.219. The largest absolute Gasteiger partial charge is 0.271 e. The summed E-state index contributed by atoms with van der Waals surface area (Å²) in [6, 6.07) is 7.81. The lowest BCUT2D eigenvalue weighted by atomic mass is 10.1. The summed E-state index contributed by atoms with van der Waals surface area (Å²) in [6.45, 7) is 4.02. The fraction of sp³-hybridized carbons (Fsp3) is 0.231. The third-order valence-corrected chi connectivity index (χ3v) is 2.65. The van der Waals surface area contributed by atoms with Gasteiger partial charge in [0.15, 0.2) is 0 Å². The Hall–Kier alpha value is -1.90. The van der Waals surface area contributed by atoms with Gasteiger partial charge in [-0.15, -0.1) is 0 Å². The molecule has 0 aromatic heterocycles. The first-order valence-electron chi connectivity index (χ1n) is 5.17. The fourth-order valence-electron chi connectivity index (χ4n) is 1.66. The molecular weight excluding hydrogens is 202 g/mol. The van der Waals surface area contributed by atoms with Crippen LogP contribution in [-0.2, 0) is 16.1 Å². The SMILES string of the molecule is CC1=CC(=O)N(Cc2ccc(C)cc2)C1=O. The average molecular weight is 215 g/mol. The Morgan fingerprint density at radius 2 is 1.69 bits per heavy atom. The van der Waals surface area contributed by atoms with Gasteiger partial charge in [0.2, 0.25) is 0 Å². The van der Waals surface area contributed by atoms with Crippen molar-refractivity contribution in [2.75, 3.05) is 0 Å². The van der Waals surface area contributed by atoms with Crippen LogP contribution in [-0.4, -0.2) is 16.7 Å². The highest BCUT2D eigenvalue weighted by atomic mass is 16.2. The van der Waals surface area contributed by atoms with E-state index in [4.69, 9.17) is 0 Å². The lowest BCUT2D eigenvalue weighted by Crippen LogP contribution is -2.30. The van der Waals surface area contributed by atoms with Gasteiger partial charge in [-0.05, 0) is 19.4 Å². The van der Waals surface area contributed by atoms with Gasteiger partial charge in [-0.1, -0.05) is 29.8 Å².